The van der Waals surface area contributed by atoms with Crippen LogP contribution >= 0.6 is 0 Å². The summed E-state index contributed by atoms with van der Waals surface area (Å²) >= 11 is 0. The lowest BCUT2D eigenvalue weighted by Gasteiger charge is -2.44. The van der Waals surface area contributed by atoms with Gasteiger partial charge >= 0.3 is 0 Å². The number of nitrogens with zero attached hydrogens (tertiary/aromatic N) is 1. The quantitative estimate of drug-likeness (QED) is 0.851. The summed E-state index contributed by atoms with van der Waals surface area (Å²) in [4.78, 5) is 2.36. The molecule has 0 spiro atoms. The van der Waals surface area contributed by atoms with Gasteiger partial charge in [-0.3, -0.25) is 4.90 Å². The Morgan fingerprint density at radius 3 is 2.21 bits per heavy atom. The molecule has 2 nitrogen and oxygen atoms in total. The smallest absolute Gasteiger partial charge is 0.123 e. The van der Waals surface area contributed by atoms with Gasteiger partial charge in [0, 0.05) is 11.6 Å². The molecule has 0 aliphatic carbocycles. The lowest BCUT2D eigenvalue weighted by molar-refractivity contribution is 0.0843. The molecular formula is C16H27FN2. The van der Waals surface area contributed by atoms with Crippen LogP contribution in [-0.4, -0.2) is 23.5 Å². The zero-order valence-electron chi connectivity index (χ0n) is 12.8. The second-order valence-corrected chi connectivity index (χ2v) is 5.42. The summed E-state index contributed by atoms with van der Waals surface area (Å²) in [7, 11) is 0. The van der Waals surface area contributed by atoms with E-state index in [1.54, 1.807) is 6.07 Å². The van der Waals surface area contributed by atoms with Crippen LogP contribution in [0, 0.1) is 12.7 Å². The number of benzene rings is 1. The Hall–Kier alpha value is -0.930. The third-order valence-electron chi connectivity index (χ3n) is 4.30. The Kier molecular flexibility index (Phi) is 5.50. The van der Waals surface area contributed by atoms with Crippen molar-refractivity contribution in [1.29, 1.82) is 0 Å². The molecule has 0 radical (unpaired) electrons. The average Bonchev–Trinajstić information content (AvgIpc) is 2.37. The monoisotopic (exact) mass is 266 g/mol. The average molecular weight is 266 g/mol. The standard InChI is InChI=1S/C16H27FN2/c1-6-16(5,19(7-2)8-3)15(18)13-9-12(4)10-14(17)11-13/h9-11,15H,6-8,18H2,1-5H3. The fourth-order valence-electron chi connectivity index (χ4n) is 2.89. The van der Waals surface area contributed by atoms with Gasteiger partial charge in [-0.2, -0.15) is 0 Å². The molecule has 0 saturated heterocycles. The first-order valence-corrected chi connectivity index (χ1v) is 7.16. The number of hydrogen-bond donors (Lipinski definition) is 1. The van der Waals surface area contributed by atoms with Crippen LogP contribution < -0.4 is 5.73 Å². The molecule has 2 unspecified atom stereocenters. The Bertz CT molecular complexity index is 395. The van der Waals surface area contributed by atoms with E-state index in [2.05, 4.69) is 32.6 Å². The normalized spacial score (nSPS) is 16.4. The second-order valence-electron chi connectivity index (χ2n) is 5.42. The summed E-state index contributed by atoms with van der Waals surface area (Å²) in [5, 5.41) is 0. The Morgan fingerprint density at radius 2 is 1.79 bits per heavy atom. The molecule has 1 aromatic carbocycles. The maximum absolute atomic E-state index is 13.6. The second kappa shape index (κ2) is 6.49. The molecule has 0 bridgehead atoms. The van der Waals surface area contributed by atoms with E-state index in [4.69, 9.17) is 5.73 Å². The van der Waals surface area contributed by atoms with E-state index in [0.717, 1.165) is 30.6 Å². The number of hydrogen-bond acceptors (Lipinski definition) is 2. The summed E-state index contributed by atoms with van der Waals surface area (Å²) < 4.78 is 13.6. The van der Waals surface area contributed by atoms with Crippen molar-refractivity contribution >= 4 is 0 Å². The first kappa shape index (κ1) is 16.1. The summed E-state index contributed by atoms with van der Waals surface area (Å²) in [5.41, 5.74) is 8.12. The van der Waals surface area contributed by atoms with Gasteiger partial charge < -0.3 is 5.73 Å². The van der Waals surface area contributed by atoms with Crippen LogP contribution in [0.25, 0.3) is 0 Å². The van der Waals surface area contributed by atoms with Crippen LogP contribution in [-0.2, 0) is 0 Å². The summed E-state index contributed by atoms with van der Waals surface area (Å²) in [6.45, 7) is 12.4. The van der Waals surface area contributed by atoms with E-state index in [-0.39, 0.29) is 17.4 Å². The lowest BCUT2D eigenvalue weighted by atomic mass is 9.83. The number of likely N-dealkylation sites (N-methyl/N-ethyl adjacent to an activating group) is 1. The van der Waals surface area contributed by atoms with Crippen LogP contribution in [0.4, 0.5) is 4.39 Å². The number of nitrogens with two attached hydrogens (primary N) is 1. The molecule has 2 N–H and O–H groups in total. The topological polar surface area (TPSA) is 29.3 Å². The van der Waals surface area contributed by atoms with Gasteiger partial charge in [0.25, 0.3) is 0 Å². The Balaban J connectivity index is 3.16. The zero-order valence-corrected chi connectivity index (χ0v) is 12.8. The Labute approximate surface area is 116 Å². The van der Waals surface area contributed by atoms with Gasteiger partial charge in [-0.05, 0) is 56.6 Å². The van der Waals surface area contributed by atoms with Crippen LogP contribution in [0.1, 0.15) is 51.3 Å². The molecule has 2 atom stereocenters. The molecule has 3 heteroatoms. The highest BCUT2D eigenvalue weighted by Crippen LogP contribution is 2.33. The molecule has 0 amide bonds. The largest absolute Gasteiger partial charge is 0.322 e. The summed E-state index contributed by atoms with van der Waals surface area (Å²) in [6.07, 6.45) is 0.936. The van der Waals surface area contributed by atoms with E-state index in [1.165, 1.54) is 6.07 Å². The van der Waals surface area contributed by atoms with Crippen LogP contribution in [0.5, 0.6) is 0 Å². The Morgan fingerprint density at radius 1 is 1.21 bits per heavy atom. The maximum Gasteiger partial charge on any atom is 0.123 e. The number of aryl methyl sites for hydroxylation is 1. The van der Waals surface area contributed by atoms with E-state index in [0.29, 0.717) is 0 Å². The fourth-order valence-corrected chi connectivity index (χ4v) is 2.89. The van der Waals surface area contributed by atoms with Crippen molar-refractivity contribution in [2.24, 2.45) is 5.73 Å². The lowest BCUT2D eigenvalue weighted by Crippen LogP contribution is -2.53. The van der Waals surface area contributed by atoms with Crippen molar-refractivity contribution in [2.75, 3.05) is 13.1 Å². The van der Waals surface area contributed by atoms with Crippen molar-refractivity contribution in [3.05, 3.63) is 35.1 Å². The predicted octanol–water partition coefficient (Wildman–Crippen LogP) is 3.64. The molecule has 1 aromatic rings. The molecule has 0 fully saturated rings. The minimum absolute atomic E-state index is 0.149. The molecule has 19 heavy (non-hydrogen) atoms. The molecule has 0 heterocycles. The van der Waals surface area contributed by atoms with E-state index in [1.807, 2.05) is 13.0 Å². The van der Waals surface area contributed by atoms with Crippen molar-refractivity contribution in [3.63, 3.8) is 0 Å². The maximum atomic E-state index is 13.6. The third-order valence-corrected chi connectivity index (χ3v) is 4.30. The van der Waals surface area contributed by atoms with Crippen LogP contribution in [0.15, 0.2) is 18.2 Å². The molecule has 0 aliphatic rings. The van der Waals surface area contributed by atoms with Gasteiger partial charge in [-0.25, -0.2) is 4.39 Å². The van der Waals surface area contributed by atoms with Crippen molar-refractivity contribution < 1.29 is 4.39 Å². The summed E-state index contributed by atoms with van der Waals surface area (Å²) in [5.74, 6) is -0.205. The number of rotatable bonds is 6. The minimum Gasteiger partial charge on any atom is -0.322 e. The molecule has 0 aromatic heterocycles. The fraction of sp³-hybridized carbons (Fsp3) is 0.625. The van der Waals surface area contributed by atoms with Gasteiger partial charge in [0.15, 0.2) is 0 Å². The molecule has 1 rings (SSSR count). The van der Waals surface area contributed by atoms with E-state index in [9.17, 15) is 4.39 Å². The summed E-state index contributed by atoms with van der Waals surface area (Å²) in [6, 6.07) is 4.91. The first-order chi connectivity index (χ1) is 8.88. The highest BCUT2D eigenvalue weighted by molar-refractivity contribution is 5.28. The third kappa shape index (κ3) is 3.34. The van der Waals surface area contributed by atoms with Crippen molar-refractivity contribution in [1.82, 2.24) is 4.90 Å². The van der Waals surface area contributed by atoms with Gasteiger partial charge in [-0.1, -0.05) is 26.8 Å². The number of halogens is 1. The van der Waals surface area contributed by atoms with Gasteiger partial charge in [0.1, 0.15) is 5.82 Å². The highest BCUT2D eigenvalue weighted by Gasteiger charge is 2.35. The van der Waals surface area contributed by atoms with Crippen LogP contribution in [0.2, 0.25) is 0 Å². The van der Waals surface area contributed by atoms with Crippen molar-refractivity contribution in [2.45, 2.75) is 52.6 Å². The highest BCUT2D eigenvalue weighted by atomic mass is 19.1. The first-order valence-electron chi connectivity index (χ1n) is 7.16. The van der Waals surface area contributed by atoms with Gasteiger partial charge in [-0.15, -0.1) is 0 Å². The van der Waals surface area contributed by atoms with Gasteiger partial charge in [0.2, 0.25) is 0 Å². The van der Waals surface area contributed by atoms with E-state index < -0.39 is 0 Å². The molecule has 0 aliphatic heterocycles. The van der Waals surface area contributed by atoms with Gasteiger partial charge in [0.05, 0.1) is 0 Å². The SMILES string of the molecule is CCN(CC)C(C)(CC)C(N)c1cc(C)cc(F)c1. The van der Waals surface area contributed by atoms with E-state index >= 15 is 0 Å². The molecular weight excluding hydrogens is 239 g/mol. The van der Waals surface area contributed by atoms with Crippen LogP contribution in [0.3, 0.4) is 0 Å². The molecule has 0 saturated carbocycles. The van der Waals surface area contributed by atoms with Crippen molar-refractivity contribution in [3.8, 4) is 0 Å². The predicted molar refractivity (Wildman–Crippen MR) is 79.7 cm³/mol. The molecule has 108 valence electrons. The zero-order chi connectivity index (χ0) is 14.6. The minimum atomic E-state index is -0.205.